The van der Waals surface area contributed by atoms with E-state index in [0.717, 1.165) is 17.0 Å². The molecular formula is C14H18N6O2. The van der Waals surface area contributed by atoms with Gasteiger partial charge < -0.3 is 10.2 Å². The fourth-order valence-electron chi connectivity index (χ4n) is 2.76. The molecule has 2 aromatic heterocycles. The zero-order chi connectivity index (χ0) is 15.7. The van der Waals surface area contributed by atoms with Crippen LogP contribution in [0.1, 0.15) is 23.4 Å². The third-order valence-electron chi connectivity index (χ3n) is 3.97. The molecule has 0 bridgehead atoms. The standard InChI is InChI=1S/C14H18N6O2/c1-9-11(10(2)20-14(18-9)16-8-17-20)3-4-13(22)19-6-5-15-12(21)7-19/h8H,3-7H2,1-2H3,(H,15,21). The van der Waals surface area contributed by atoms with Gasteiger partial charge >= 0.3 is 0 Å². The number of hydrogen-bond donors (Lipinski definition) is 1. The van der Waals surface area contributed by atoms with Crippen molar-refractivity contribution in [1.29, 1.82) is 0 Å². The Bertz CT molecular complexity index is 738. The minimum Gasteiger partial charge on any atom is -0.353 e. The number of rotatable bonds is 3. The van der Waals surface area contributed by atoms with Crippen molar-refractivity contribution < 1.29 is 9.59 Å². The summed E-state index contributed by atoms with van der Waals surface area (Å²) in [6.45, 7) is 5.11. The second kappa shape index (κ2) is 5.70. The van der Waals surface area contributed by atoms with E-state index in [1.165, 1.54) is 6.33 Å². The summed E-state index contributed by atoms with van der Waals surface area (Å²) in [6, 6.07) is 0. The predicted molar refractivity (Wildman–Crippen MR) is 78.2 cm³/mol. The summed E-state index contributed by atoms with van der Waals surface area (Å²) < 4.78 is 1.68. The average Bonchev–Trinajstić information content (AvgIpc) is 2.95. The fourth-order valence-corrected chi connectivity index (χ4v) is 2.76. The van der Waals surface area contributed by atoms with Crippen LogP contribution in [0.4, 0.5) is 0 Å². The molecule has 0 saturated carbocycles. The second-order valence-corrected chi connectivity index (χ2v) is 5.40. The lowest BCUT2D eigenvalue weighted by Crippen LogP contribution is -2.50. The molecule has 1 N–H and O–H groups in total. The Balaban J connectivity index is 1.73. The monoisotopic (exact) mass is 302 g/mol. The maximum absolute atomic E-state index is 12.2. The van der Waals surface area contributed by atoms with E-state index >= 15 is 0 Å². The smallest absolute Gasteiger partial charge is 0.252 e. The van der Waals surface area contributed by atoms with E-state index in [0.29, 0.717) is 31.7 Å². The molecule has 22 heavy (non-hydrogen) atoms. The highest BCUT2D eigenvalue weighted by molar-refractivity contribution is 5.86. The Kier molecular flexibility index (Phi) is 3.74. The zero-order valence-electron chi connectivity index (χ0n) is 12.7. The van der Waals surface area contributed by atoms with E-state index in [-0.39, 0.29) is 18.4 Å². The number of amides is 2. The van der Waals surface area contributed by atoms with Gasteiger partial charge in [0.25, 0.3) is 5.78 Å². The van der Waals surface area contributed by atoms with E-state index in [1.54, 1.807) is 9.42 Å². The number of nitrogens with one attached hydrogen (secondary N) is 1. The number of carbonyl (C=O) groups excluding carboxylic acids is 2. The Morgan fingerprint density at radius 1 is 1.41 bits per heavy atom. The molecule has 1 aliphatic rings. The number of nitrogens with zero attached hydrogens (tertiary/aromatic N) is 5. The lowest BCUT2D eigenvalue weighted by molar-refractivity contribution is -0.138. The largest absolute Gasteiger partial charge is 0.353 e. The summed E-state index contributed by atoms with van der Waals surface area (Å²) in [5, 5.41) is 6.86. The van der Waals surface area contributed by atoms with Gasteiger partial charge in [0.15, 0.2) is 0 Å². The van der Waals surface area contributed by atoms with Crippen molar-refractivity contribution in [3.63, 3.8) is 0 Å². The molecule has 0 atom stereocenters. The highest BCUT2D eigenvalue weighted by atomic mass is 16.2. The van der Waals surface area contributed by atoms with Crippen LogP contribution in [-0.4, -0.2) is 55.9 Å². The molecule has 8 nitrogen and oxygen atoms in total. The zero-order valence-corrected chi connectivity index (χ0v) is 12.7. The Labute approximate surface area is 127 Å². The third kappa shape index (κ3) is 2.63. The van der Waals surface area contributed by atoms with E-state index in [1.807, 2.05) is 13.8 Å². The number of carbonyl (C=O) groups is 2. The molecule has 8 heteroatoms. The molecule has 2 amide bonds. The van der Waals surface area contributed by atoms with Gasteiger partial charge in [-0.25, -0.2) is 9.50 Å². The van der Waals surface area contributed by atoms with E-state index in [2.05, 4.69) is 20.4 Å². The van der Waals surface area contributed by atoms with Gasteiger partial charge in [0.1, 0.15) is 6.33 Å². The number of hydrogen-bond acceptors (Lipinski definition) is 5. The molecule has 116 valence electrons. The molecule has 3 rings (SSSR count). The van der Waals surface area contributed by atoms with Crippen molar-refractivity contribution in [2.24, 2.45) is 0 Å². The van der Waals surface area contributed by atoms with Gasteiger partial charge in [-0.1, -0.05) is 0 Å². The maximum Gasteiger partial charge on any atom is 0.252 e. The van der Waals surface area contributed by atoms with Crippen LogP contribution in [-0.2, 0) is 16.0 Å². The molecule has 1 aliphatic heterocycles. The van der Waals surface area contributed by atoms with Gasteiger partial charge in [-0.2, -0.15) is 10.1 Å². The summed E-state index contributed by atoms with van der Waals surface area (Å²) in [7, 11) is 0. The summed E-state index contributed by atoms with van der Waals surface area (Å²) in [4.78, 5) is 33.7. The number of aryl methyl sites for hydroxylation is 2. The van der Waals surface area contributed by atoms with Crippen LogP contribution in [0.15, 0.2) is 6.33 Å². The minimum absolute atomic E-state index is 0.00710. The Hall–Kier alpha value is -2.51. The van der Waals surface area contributed by atoms with Crippen LogP contribution in [0.5, 0.6) is 0 Å². The second-order valence-electron chi connectivity index (χ2n) is 5.40. The van der Waals surface area contributed by atoms with Gasteiger partial charge in [-0.15, -0.1) is 0 Å². The maximum atomic E-state index is 12.2. The van der Waals surface area contributed by atoms with Crippen molar-refractivity contribution >= 4 is 17.6 Å². The van der Waals surface area contributed by atoms with Crippen molar-refractivity contribution in [2.45, 2.75) is 26.7 Å². The first-order valence-electron chi connectivity index (χ1n) is 7.26. The molecule has 0 spiro atoms. The lowest BCUT2D eigenvalue weighted by atomic mass is 10.1. The van der Waals surface area contributed by atoms with E-state index < -0.39 is 0 Å². The highest BCUT2D eigenvalue weighted by Crippen LogP contribution is 2.15. The molecule has 0 radical (unpaired) electrons. The van der Waals surface area contributed by atoms with E-state index in [4.69, 9.17) is 0 Å². The van der Waals surface area contributed by atoms with Crippen LogP contribution in [0, 0.1) is 13.8 Å². The van der Waals surface area contributed by atoms with Crippen LogP contribution in [0.25, 0.3) is 5.78 Å². The summed E-state index contributed by atoms with van der Waals surface area (Å²) >= 11 is 0. The SMILES string of the molecule is Cc1nc2ncnn2c(C)c1CCC(=O)N1CCNC(=O)C1. The molecule has 0 unspecified atom stereocenters. The molecule has 0 aromatic carbocycles. The quantitative estimate of drug-likeness (QED) is 0.835. The van der Waals surface area contributed by atoms with Crippen LogP contribution >= 0.6 is 0 Å². The minimum atomic E-state index is -0.0994. The van der Waals surface area contributed by atoms with E-state index in [9.17, 15) is 9.59 Å². The lowest BCUT2D eigenvalue weighted by Gasteiger charge is -2.26. The van der Waals surface area contributed by atoms with Crippen LogP contribution in [0.2, 0.25) is 0 Å². The summed E-state index contributed by atoms with van der Waals surface area (Å²) in [5.74, 6) is 0.461. The molecule has 3 heterocycles. The van der Waals surface area contributed by atoms with Gasteiger partial charge in [0.2, 0.25) is 11.8 Å². The van der Waals surface area contributed by atoms with Crippen LogP contribution in [0.3, 0.4) is 0 Å². The molecule has 2 aromatic rings. The number of fused-ring (bicyclic) bond motifs is 1. The van der Waals surface area contributed by atoms with Crippen molar-refractivity contribution in [2.75, 3.05) is 19.6 Å². The molecule has 1 fully saturated rings. The third-order valence-corrected chi connectivity index (χ3v) is 3.97. The molecule has 0 aliphatic carbocycles. The van der Waals surface area contributed by atoms with Crippen LogP contribution < -0.4 is 5.32 Å². The predicted octanol–water partition coefficient (Wildman–Crippen LogP) is -0.368. The Morgan fingerprint density at radius 2 is 2.23 bits per heavy atom. The summed E-state index contributed by atoms with van der Waals surface area (Å²) in [5.41, 5.74) is 2.82. The van der Waals surface area contributed by atoms with Gasteiger partial charge in [-0.3, -0.25) is 9.59 Å². The molecular weight excluding hydrogens is 284 g/mol. The fraction of sp³-hybridized carbons (Fsp3) is 0.500. The average molecular weight is 302 g/mol. The topological polar surface area (TPSA) is 92.5 Å². The highest BCUT2D eigenvalue weighted by Gasteiger charge is 2.21. The van der Waals surface area contributed by atoms with Gasteiger partial charge in [-0.05, 0) is 25.8 Å². The van der Waals surface area contributed by atoms with Gasteiger partial charge in [0, 0.05) is 30.9 Å². The number of piperazine rings is 1. The first kappa shape index (κ1) is 14.4. The molecule has 1 saturated heterocycles. The van der Waals surface area contributed by atoms with Crippen molar-refractivity contribution in [3.05, 3.63) is 23.3 Å². The number of aromatic nitrogens is 4. The normalized spacial score (nSPS) is 15.2. The Morgan fingerprint density at radius 3 is 3.00 bits per heavy atom. The first-order chi connectivity index (χ1) is 10.6. The van der Waals surface area contributed by atoms with Gasteiger partial charge in [0.05, 0.1) is 6.54 Å². The summed E-state index contributed by atoms with van der Waals surface area (Å²) in [6.07, 6.45) is 2.41. The first-order valence-corrected chi connectivity index (χ1v) is 7.26. The van der Waals surface area contributed by atoms with Crippen molar-refractivity contribution in [1.82, 2.24) is 29.8 Å². The van der Waals surface area contributed by atoms with Crippen molar-refractivity contribution in [3.8, 4) is 0 Å².